The first-order valence-corrected chi connectivity index (χ1v) is 5.86. The minimum atomic E-state index is -0.246. The van der Waals surface area contributed by atoms with Gasteiger partial charge in [0.1, 0.15) is 0 Å². The van der Waals surface area contributed by atoms with E-state index in [0.29, 0.717) is 11.9 Å². The second kappa shape index (κ2) is 4.95. The zero-order valence-electron chi connectivity index (χ0n) is 9.85. The van der Waals surface area contributed by atoms with Crippen molar-refractivity contribution < 1.29 is 4.79 Å². The number of rotatable bonds is 4. The van der Waals surface area contributed by atoms with Crippen LogP contribution in [0.4, 0.5) is 0 Å². The van der Waals surface area contributed by atoms with Gasteiger partial charge in [0.25, 0.3) is 5.56 Å². The molecule has 3 nitrogen and oxygen atoms in total. The maximum absolute atomic E-state index is 11.8. The van der Waals surface area contributed by atoms with Crippen molar-refractivity contribution in [2.24, 2.45) is 0 Å². The number of nitrogens with zero attached hydrogens (tertiary/aromatic N) is 1. The second-order valence-corrected chi connectivity index (χ2v) is 4.10. The lowest BCUT2D eigenvalue weighted by Crippen LogP contribution is -2.20. The SMILES string of the molecule is CCCCc1cc(=O)n(C=O)c2ccccc12. The molecule has 0 atom stereocenters. The number of aromatic nitrogens is 1. The standard InChI is InChI=1S/C14H15NO2/c1-2-3-6-11-9-14(17)15(10-16)13-8-5-4-7-12(11)13/h4-5,7-10H,2-3,6H2,1H3. The number of carbonyl (C=O) groups is 1. The van der Waals surface area contributed by atoms with E-state index >= 15 is 0 Å². The molecule has 1 aromatic heterocycles. The predicted molar refractivity (Wildman–Crippen MR) is 69.0 cm³/mol. The third kappa shape index (κ3) is 2.13. The first-order valence-electron chi connectivity index (χ1n) is 5.86. The maximum atomic E-state index is 11.8. The number of carbonyl (C=O) groups excluding carboxylic acids is 1. The summed E-state index contributed by atoms with van der Waals surface area (Å²) in [5, 5.41) is 0.993. The van der Waals surface area contributed by atoms with Gasteiger partial charge in [0.05, 0.1) is 5.52 Å². The molecule has 0 saturated carbocycles. The molecule has 0 bridgehead atoms. The lowest BCUT2D eigenvalue weighted by molar-refractivity contribution is 0.547. The van der Waals surface area contributed by atoms with E-state index in [1.54, 1.807) is 12.1 Å². The minimum Gasteiger partial charge on any atom is -0.278 e. The van der Waals surface area contributed by atoms with Gasteiger partial charge < -0.3 is 0 Å². The first kappa shape index (κ1) is 11.6. The predicted octanol–water partition coefficient (Wildman–Crippen LogP) is 2.38. The Kier molecular flexibility index (Phi) is 3.38. The number of unbranched alkanes of at least 4 members (excludes halogenated alkanes) is 1. The van der Waals surface area contributed by atoms with Crippen molar-refractivity contribution in [3.63, 3.8) is 0 Å². The van der Waals surface area contributed by atoms with Crippen molar-refractivity contribution >= 4 is 17.3 Å². The van der Waals surface area contributed by atoms with Crippen molar-refractivity contribution in [2.75, 3.05) is 0 Å². The summed E-state index contributed by atoms with van der Waals surface area (Å²) in [6.45, 7) is 2.12. The first-order chi connectivity index (χ1) is 8.27. The highest BCUT2D eigenvalue weighted by molar-refractivity contribution is 5.86. The Bertz CT molecular complexity index is 599. The molecule has 3 heteroatoms. The second-order valence-electron chi connectivity index (χ2n) is 4.10. The molecule has 2 rings (SSSR count). The lowest BCUT2D eigenvalue weighted by atomic mass is 10.0. The van der Waals surface area contributed by atoms with Crippen LogP contribution in [0.25, 0.3) is 10.9 Å². The van der Waals surface area contributed by atoms with Crippen LogP contribution in [0.2, 0.25) is 0 Å². The zero-order valence-corrected chi connectivity index (χ0v) is 9.85. The number of fused-ring (bicyclic) bond motifs is 1. The van der Waals surface area contributed by atoms with Gasteiger partial charge in [0, 0.05) is 11.5 Å². The minimum absolute atomic E-state index is 0.246. The summed E-state index contributed by atoms with van der Waals surface area (Å²) in [4.78, 5) is 22.7. The molecule has 2 aromatic rings. The Morgan fingerprint density at radius 1 is 1.29 bits per heavy atom. The molecule has 0 aliphatic rings. The topological polar surface area (TPSA) is 39.1 Å². The quantitative estimate of drug-likeness (QED) is 0.755. The van der Waals surface area contributed by atoms with E-state index in [0.717, 1.165) is 34.8 Å². The van der Waals surface area contributed by atoms with Crippen molar-refractivity contribution in [2.45, 2.75) is 26.2 Å². The van der Waals surface area contributed by atoms with Crippen LogP contribution in [-0.4, -0.2) is 11.0 Å². The van der Waals surface area contributed by atoms with E-state index in [-0.39, 0.29) is 5.56 Å². The summed E-state index contributed by atoms with van der Waals surface area (Å²) in [6, 6.07) is 9.11. The molecule has 0 saturated heterocycles. The van der Waals surface area contributed by atoms with Crippen molar-refractivity contribution in [3.05, 3.63) is 46.2 Å². The number of hydrogen-bond acceptors (Lipinski definition) is 2. The Morgan fingerprint density at radius 2 is 2.06 bits per heavy atom. The molecule has 0 radical (unpaired) electrons. The molecule has 0 fully saturated rings. The number of benzene rings is 1. The van der Waals surface area contributed by atoms with Crippen LogP contribution in [0, 0.1) is 0 Å². The Hall–Kier alpha value is -1.90. The Morgan fingerprint density at radius 3 is 2.76 bits per heavy atom. The summed E-state index contributed by atoms with van der Waals surface area (Å²) >= 11 is 0. The van der Waals surface area contributed by atoms with Crippen molar-refractivity contribution in [3.8, 4) is 0 Å². The van der Waals surface area contributed by atoms with E-state index in [4.69, 9.17) is 0 Å². The summed E-state index contributed by atoms with van der Waals surface area (Å²) in [5.74, 6) is 0. The summed E-state index contributed by atoms with van der Waals surface area (Å²) in [5.41, 5.74) is 1.48. The maximum Gasteiger partial charge on any atom is 0.257 e. The molecule has 1 aromatic carbocycles. The van der Waals surface area contributed by atoms with Gasteiger partial charge >= 0.3 is 0 Å². The normalized spacial score (nSPS) is 10.6. The van der Waals surface area contributed by atoms with Crippen LogP contribution in [0.15, 0.2) is 35.1 Å². The van der Waals surface area contributed by atoms with Gasteiger partial charge in [-0.05, 0) is 24.5 Å². The van der Waals surface area contributed by atoms with Crippen LogP contribution < -0.4 is 5.56 Å². The highest BCUT2D eigenvalue weighted by Crippen LogP contribution is 2.17. The zero-order chi connectivity index (χ0) is 12.3. The fraction of sp³-hybridized carbons (Fsp3) is 0.286. The van der Waals surface area contributed by atoms with E-state index in [1.165, 1.54) is 0 Å². The van der Waals surface area contributed by atoms with E-state index in [1.807, 2.05) is 18.2 Å². The molecule has 0 amide bonds. The van der Waals surface area contributed by atoms with Crippen molar-refractivity contribution in [1.29, 1.82) is 0 Å². The van der Waals surface area contributed by atoms with E-state index < -0.39 is 0 Å². The highest BCUT2D eigenvalue weighted by Gasteiger charge is 2.07. The molecule has 88 valence electrons. The largest absolute Gasteiger partial charge is 0.278 e. The molecule has 1 heterocycles. The fourth-order valence-corrected chi connectivity index (χ4v) is 2.05. The Balaban J connectivity index is 2.70. The molecule has 0 unspecified atom stereocenters. The average Bonchev–Trinajstić information content (AvgIpc) is 2.36. The van der Waals surface area contributed by atoms with Crippen LogP contribution in [-0.2, 0) is 11.2 Å². The third-order valence-corrected chi connectivity index (χ3v) is 2.95. The molecule has 0 N–H and O–H groups in total. The van der Waals surface area contributed by atoms with Crippen LogP contribution >= 0.6 is 0 Å². The average molecular weight is 229 g/mol. The van der Waals surface area contributed by atoms with Gasteiger partial charge in [-0.25, -0.2) is 4.57 Å². The molecular formula is C14H15NO2. The summed E-state index contributed by atoms with van der Waals surface area (Å²) in [6.07, 6.45) is 3.60. The van der Waals surface area contributed by atoms with E-state index in [9.17, 15) is 9.59 Å². The number of para-hydroxylation sites is 1. The van der Waals surface area contributed by atoms with Crippen LogP contribution in [0.3, 0.4) is 0 Å². The third-order valence-electron chi connectivity index (χ3n) is 2.95. The molecule has 0 aliphatic heterocycles. The molecule has 17 heavy (non-hydrogen) atoms. The number of aryl methyl sites for hydroxylation is 1. The molecular weight excluding hydrogens is 214 g/mol. The van der Waals surface area contributed by atoms with Gasteiger partial charge in [-0.1, -0.05) is 31.5 Å². The monoisotopic (exact) mass is 229 g/mol. The highest BCUT2D eigenvalue weighted by atomic mass is 16.2. The van der Waals surface area contributed by atoms with E-state index in [2.05, 4.69) is 6.92 Å². The summed E-state index contributed by atoms with van der Waals surface area (Å²) in [7, 11) is 0. The van der Waals surface area contributed by atoms with Gasteiger partial charge in [0.15, 0.2) is 0 Å². The fourth-order valence-electron chi connectivity index (χ4n) is 2.05. The van der Waals surface area contributed by atoms with Gasteiger partial charge in [-0.2, -0.15) is 0 Å². The molecule has 0 aliphatic carbocycles. The van der Waals surface area contributed by atoms with Crippen LogP contribution in [0.1, 0.15) is 25.3 Å². The lowest BCUT2D eigenvalue weighted by Gasteiger charge is -2.08. The number of hydrogen-bond donors (Lipinski definition) is 0. The number of pyridine rings is 1. The summed E-state index contributed by atoms with van der Waals surface area (Å²) < 4.78 is 1.16. The Labute approximate surface area is 99.7 Å². The van der Waals surface area contributed by atoms with Crippen molar-refractivity contribution in [1.82, 2.24) is 4.57 Å². The smallest absolute Gasteiger partial charge is 0.257 e. The van der Waals surface area contributed by atoms with Gasteiger partial charge in [-0.3, -0.25) is 9.59 Å². The van der Waals surface area contributed by atoms with Gasteiger partial charge in [-0.15, -0.1) is 0 Å². The molecule has 0 spiro atoms. The van der Waals surface area contributed by atoms with Crippen LogP contribution in [0.5, 0.6) is 0 Å². The van der Waals surface area contributed by atoms with Gasteiger partial charge in [0.2, 0.25) is 6.41 Å².